The van der Waals surface area contributed by atoms with Crippen LogP contribution in [0.5, 0.6) is 0 Å². The van der Waals surface area contributed by atoms with E-state index in [0.29, 0.717) is 16.3 Å². The molecule has 0 unspecified atom stereocenters. The second-order valence-electron chi connectivity index (χ2n) is 5.84. The number of sulfone groups is 1. The van der Waals surface area contributed by atoms with Gasteiger partial charge in [0.2, 0.25) is 0 Å². The molecule has 0 aliphatic carbocycles. The number of hydrogen-bond donors (Lipinski definition) is 1. The van der Waals surface area contributed by atoms with Gasteiger partial charge < -0.3 is 4.98 Å². The quantitative estimate of drug-likeness (QED) is 0.559. The van der Waals surface area contributed by atoms with Crippen LogP contribution in [0.2, 0.25) is 10.0 Å². The van der Waals surface area contributed by atoms with Gasteiger partial charge in [-0.3, -0.25) is 4.99 Å². The zero-order chi connectivity index (χ0) is 19.3. The molecule has 0 atom stereocenters. The Morgan fingerprint density at radius 2 is 1.77 bits per heavy atom. The molecule has 0 saturated heterocycles. The summed E-state index contributed by atoms with van der Waals surface area (Å²) in [5, 5.41) is 2.46. The van der Waals surface area contributed by atoms with Gasteiger partial charge in [-0.15, -0.1) is 0 Å². The lowest BCUT2D eigenvalue weighted by Crippen LogP contribution is -2.01. The molecule has 26 heavy (non-hydrogen) atoms. The summed E-state index contributed by atoms with van der Waals surface area (Å²) in [5.74, 6) is -0.0414. The number of hydrogen-bond acceptors (Lipinski definition) is 3. The molecule has 1 aromatic heterocycles. The number of halogens is 2. The number of fused-ring (bicyclic) bond motifs is 1. The van der Waals surface area contributed by atoms with E-state index >= 15 is 0 Å². The molecule has 0 aliphatic heterocycles. The van der Waals surface area contributed by atoms with Crippen molar-refractivity contribution < 1.29 is 8.42 Å². The van der Waals surface area contributed by atoms with Gasteiger partial charge in [-0.2, -0.15) is 0 Å². The van der Waals surface area contributed by atoms with Crippen molar-refractivity contribution in [3.63, 3.8) is 0 Å². The number of nitrogens with zero attached hydrogens (tertiary/aromatic N) is 1. The van der Waals surface area contributed by atoms with Crippen molar-refractivity contribution in [3.8, 4) is 0 Å². The van der Waals surface area contributed by atoms with Gasteiger partial charge >= 0.3 is 0 Å². The molecule has 0 aliphatic rings. The van der Waals surface area contributed by atoms with Crippen LogP contribution in [-0.2, 0) is 15.6 Å². The monoisotopic (exact) mass is 410 g/mol. The molecule has 1 N–H and O–H groups in total. The number of aliphatic imine (C=N–C) groups is 1. The normalized spacial score (nSPS) is 11.6. The zero-order valence-electron chi connectivity index (χ0n) is 14.8. The SMILES string of the molecule is CC=Nc1c(Cl)cccc1CS(C)(=O)=O.Cc1c[nH]c2c(Cl)cccc12. The maximum absolute atomic E-state index is 11.2. The van der Waals surface area contributed by atoms with Gasteiger partial charge in [0.25, 0.3) is 0 Å². The van der Waals surface area contributed by atoms with E-state index < -0.39 is 9.84 Å². The number of H-pyrrole nitrogens is 1. The van der Waals surface area contributed by atoms with Gasteiger partial charge in [-0.05, 0) is 37.1 Å². The topological polar surface area (TPSA) is 62.3 Å². The number of nitrogens with one attached hydrogen (secondary N) is 1. The van der Waals surface area contributed by atoms with Crippen LogP contribution < -0.4 is 0 Å². The van der Waals surface area contributed by atoms with Crippen LogP contribution in [0.1, 0.15) is 18.1 Å². The van der Waals surface area contributed by atoms with Gasteiger partial charge in [-0.1, -0.05) is 47.5 Å². The lowest BCUT2D eigenvalue weighted by molar-refractivity contribution is 0.601. The van der Waals surface area contributed by atoms with E-state index in [9.17, 15) is 8.42 Å². The maximum Gasteiger partial charge on any atom is 0.151 e. The fourth-order valence-electron chi connectivity index (χ4n) is 2.49. The predicted molar refractivity (Wildman–Crippen MR) is 112 cm³/mol. The summed E-state index contributed by atoms with van der Waals surface area (Å²) in [6.07, 6.45) is 4.75. The number of aromatic amines is 1. The van der Waals surface area contributed by atoms with Crippen LogP contribution in [0.15, 0.2) is 47.6 Å². The predicted octanol–water partition coefficient (Wildman–Crippen LogP) is 5.74. The third kappa shape index (κ3) is 5.34. The zero-order valence-corrected chi connectivity index (χ0v) is 17.1. The highest BCUT2D eigenvalue weighted by atomic mass is 35.5. The molecular weight excluding hydrogens is 391 g/mol. The van der Waals surface area contributed by atoms with E-state index in [1.807, 2.05) is 18.3 Å². The first-order chi connectivity index (χ1) is 12.2. The van der Waals surface area contributed by atoms with Crippen molar-refractivity contribution in [3.05, 3.63) is 63.8 Å². The first-order valence-corrected chi connectivity index (χ1v) is 10.7. The molecule has 138 valence electrons. The Morgan fingerprint density at radius 1 is 1.12 bits per heavy atom. The highest BCUT2D eigenvalue weighted by Crippen LogP contribution is 2.29. The first-order valence-electron chi connectivity index (χ1n) is 7.89. The molecule has 0 bridgehead atoms. The second-order valence-corrected chi connectivity index (χ2v) is 8.79. The average Bonchev–Trinajstić information content (AvgIpc) is 2.93. The summed E-state index contributed by atoms with van der Waals surface area (Å²) < 4.78 is 22.3. The molecule has 1 heterocycles. The van der Waals surface area contributed by atoms with Crippen LogP contribution in [0.25, 0.3) is 10.9 Å². The minimum Gasteiger partial charge on any atom is -0.360 e. The van der Waals surface area contributed by atoms with Gasteiger partial charge in [-0.25, -0.2) is 8.42 Å². The van der Waals surface area contributed by atoms with Crippen molar-refractivity contribution in [1.82, 2.24) is 4.98 Å². The summed E-state index contributed by atoms with van der Waals surface area (Å²) in [4.78, 5) is 7.19. The summed E-state index contributed by atoms with van der Waals surface area (Å²) in [6, 6.07) is 11.0. The fourth-order valence-corrected chi connectivity index (χ4v) is 3.76. The van der Waals surface area contributed by atoms with Gasteiger partial charge in [0.1, 0.15) is 0 Å². The molecule has 2 aromatic carbocycles. The van der Waals surface area contributed by atoms with Crippen molar-refractivity contribution >= 4 is 55.8 Å². The Hall–Kier alpha value is -1.82. The molecule has 4 nitrogen and oxygen atoms in total. The molecule has 3 rings (SSSR count). The van der Waals surface area contributed by atoms with Gasteiger partial charge in [0, 0.05) is 24.1 Å². The molecule has 0 amide bonds. The molecular formula is C19H20Cl2N2O2S. The van der Waals surface area contributed by atoms with E-state index in [-0.39, 0.29) is 5.75 Å². The Kier molecular flexibility index (Phi) is 6.87. The Bertz CT molecular complexity index is 1040. The summed E-state index contributed by atoms with van der Waals surface area (Å²) in [5.41, 5.74) is 3.43. The smallest absolute Gasteiger partial charge is 0.151 e. The van der Waals surface area contributed by atoms with Crippen LogP contribution in [0, 0.1) is 6.92 Å². The van der Waals surface area contributed by atoms with Gasteiger partial charge in [0.05, 0.1) is 27.0 Å². The lowest BCUT2D eigenvalue weighted by Gasteiger charge is -2.05. The van der Waals surface area contributed by atoms with E-state index in [1.165, 1.54) is 17.2 Å². The molecule has 3 aromatic rings. The highest BCUT2D eigenvalue weighted by molar-refractivity contribution is 7.89. The first kappa shape index (κ1) is 20.5. The summed E-state index contributed by atoms with van der Waals surface area (Å²) in [6.45, 7) is 3.82. The third-order valence-corrected chi connectivity index (χ3v) is 5.07. The van der Waals surface area contributed by atoms with Crippen LogP contribution >= 0.6 is 23.2 Å². The van der Waals surface area contributed by atoms with Crippen LogP contribution in [0.3, 0.4) is 0 Å². The van der Waals surface area contributed by atoms with Crippen molar-refractivity contribution in [2.45, 2.75) is 19.6 Å². The fraction of sp³-hybridized carbons (Fsp3) is 0.211. The molecule has 0 spiro atoms. The highest BCUT2D eigenvalue weighted by Gasteiger charge is 2.10. The van der Waals surface area contributed by atoms with E-state index in [2.05, 4.69) is 23.0 Å². The molecule has 0 radical (unpaired) electrons. The number of benzene rings is 2. The minimum absolute atomic E-state index is 0.0414. The summed E-state index contributed by atoms with van der Waals surface area (Å²) >= 11 is 11.9. The Morgan fingerprint density at radius 3 is 2.38 bits per heavy atom. The number of aromatic nitrogens is 1. The van der Waals surface area contributed by atoms with Crippen LogP contribution in [-0.4, -0.2) is 25.9 Å². The summed E-state index contributed by atoms with van der Waals surface area (Å²) in [7, 11) is -3.07. The van der Waals surface area contributed by atoms with E-state index in [1.54, 1.807) is 31.3 Å². The number of para-hydroxylation sites is 2. The minimum atomic E-state index is -3.07. The molecule has 0 fully saturated rings. The van der Waals surface area contributed by atoms with Crippen molar-refractivity contribution in [1.29, 1.82) is 0 Å². The maximum atomic E-state index is 11.2. The molecule has 7 heteroatoms. The van der Waals surface area contributed by atoms with E-state index in [4.69, 9.17) is 23.2 Å². The standard InChI is InChI=1S/C10H12ClNO2S.C9H8ClN/c1-3-12-10-8(7-15(2,13)14)5-4-6-9(10)11;1-6-5-11-9-7(6)3-2-4-8(9)10/h3-6H,7H2,1-2H3;2-5,11H,1H3. The van der Waals surface area contributed by atoms with Crippen LogP contribution in [0.4, 0.5) is 5.69 Å². The van der Waals surface area contributed by atoms with E-state index in [0.717, 1.165) is 10.5 Å². The van der Waals surface area contributed by atoms with Crippen molar-refractivity contribution in [2.75, 3.05) is 6.26 Å². The largest absolute Gasteiger partial charge is 0.360 e. The Labute approximate surface area is 163 Å². The number of aryl methyl sites for hydroxylation is 1. The molecule has 0 saturated carbocycles. The average molecular weight is 411 g/mol. The van der Waals surface area contributed by atoms with Crippen molar-refractivity contribution in [2.24, 2.45) is 4.99 Å². The van der Waals surface area contributed by atoms with Gasteiger partial charge in [0.15, 0.2) is 9.84 Å². The lowest BCUT2D eigenvalue weighted by atomic mass is 10.2. The third-order valence-electron chi connectivity index (χ3n) is 3.62. The second kappa shape index (κ2) is 8.71. The Balaban J connectivity index is 0.000000195. The number of rotatable bonds is 3.